The standard InChI is InChI=1S/C12H10BrClN2O2S/c1-2-18-12(17)7-6-15-11(16-8(7)5-14)9-3-4-10(13)19-9/h3-4,6H,2,5H2,1H3. The van der Waals surface area contributed by atoms with Crippen molar-refractivity contribution < 1.29 is 9.53 Å². The monoisotopic (exact) mass is 360 g/mol. The molecule has 0 N–H and O–H groups in total. The zero-order valence-corrected chi connectivity index (χ0v) is 13.2. The lowest BCUT2D eigenvalue weighted by Crippen LogP contribution is -2.10. The van der Waals surface area contributed by atoms with Crippen molar-refractivity contribution in [3.8, 4) is 10.7 Å². The predicted octanol–water partition coefficient (Wildman–Crippen LogP) is 3.88. The Balaban J connectivity index is 2.38. The Morgan fingerprint density at radius 2 is 2.32 bits per heavy atom. The topological polar surface area (TPSA) is 52.1 Å². The molecule has 0 unspecified atom stereocenters. The van der Waals surface area contributed by atoms with Gasteiger partial charge in [-0.05, 0) is 35.0 Å². The number of halogens is 2. The quantitative estimate of drug-likeness (QED) is 0.612. The summed E-state index contributed by atoms with van der Waals surface area (Å²) in [6, 6.07) is 3.83. The van der Waals surface area contributed by atoms with Crippen LogP contribution in [0.5, 0.6) is 0 Å². The van der Waals surface area contributed by atoms with E-state index >= 15 is 0 Å². The van der Waals surface area contributed by atoms with Crippen LogP contribution in [-0.4, -0.2) is 22.5 Å². The van der Waals surface area contributed by atoms with Crippen molar-refractivity contribution in [2.24, 2.45) is 0 Å². The molecule has 0 spiro atoms. The molecule has 0 aliphatic carbocycles. The van der Waals surface area contributed by atoms with Gasteiger partial charge in [0.15, 0.2) is 5.82 Å². The van der Waals surface area contributed by atoms with Crippen LogP contribution in [0.1, 0.15) is 23.0 Å². The van der Waals surface area contributed by atoms with Gasteiger partial charge in [-0.25, -0.2) is 14.8 Å². The van der Waals surface area contributed by atoms with Gasteiger partial charge in [-0.1, -0.05) is 0 Å². The number of ether oxygens (including phenoxy) is 1. The summed E-state index contributed by atoms with van der Waals surface area (Å²) < 4.78 is 5.93. The Morgan fingerprint density at radius 1 is 1.53 bits per heavy atom. The van der Waals surface area contributed by atoms with Crippen LogP contribution in [0.3, 0.4) is 0 Å². The molecule has 4 nitrogen and oxygen atoms in total. The van der Waals surface area contributed by atoms with Crippen molar-refractivity contribution in [2.75, 3.05) is 6.61 Å². The first-order chi connectivity index (χ1) is 9.15. The molecule has 0 saturated heterocycles. The Bertz CT molecular complexity index is 603. The molecule has 2 aromatic rings. The summed E-state index contributed by atoms with van der Waals surface area (Å²) in [6.07, 6.45) is 1.46. The average Bonchev–Trinajstić information content (AvgIpc) is 2.85. The highest BCUT2D eigenvalue weighted by Gasteiger charge is 2.16. The third-order valence-electron chi connectivity index (χ3n) is 2.28. The molecule has 2 aromatic heterocycles. The van der Waals surface area contributed by atoms with E-state index in [2.05, 4.69) is 25.9 Å². The normalized spacial score (nSPS) is 10.5. The maximum atomic E-state index is 11.7. The van der Waals surface area contributed by atoms with E-state index in [9.17, 15) is 4.79 Å². The van der Waals surface area contributed by atoms with Crippen molar-refractivity contribution >= 4 is 44.8 Å². The van der Waals surface area contributed by atoms with Gasteiger partial charge in [-0.2, -0.15) is 0 Å². The zero-order chi connectivity index (χ0) is 13.8. The maximum Gasteiger partial charge on any atom is 0.341 e. The number of aromatic nitrogens is 2. The third kappa shape index (κ3) is 3.32. The summed E-state index contributed by atoms with van der Waals surface area (Å²) in [5.41, 5.74) is 0.797. The molecule has 0 bridgehead atoms. The number of thiophene rings is 1. The lowest BCUT2D eigenvalue weighted by Gasteiger charge is -2.06. The van der Waals surface area contributed by atoms with Gasteiger partial charge in [-0.15, -0.1) is 22.9 Å². The average molecular weight is 362 g/mol. The van der Waals surface area contributed by atoms with E-state index in [-0.39, 0.29) is 5.88 Å². The summed E-state index contributed by atoms with van der Waals surface area (Å²) in [4.78, 5) is 21.1. The molecule has 100 valence electrons. The van der Waals surface area contributed by atoms with Gasteiger partial charge < -0.3 is 4.74 Å². The third-order valence-corrected chi connectivity index (χ3v) is 4.16. The first-order valence-electron chi connectivity index (χ1n) is 5.50. The summed E-state index contributed by atoms with van der Waals surface area (Å²) in [5, 5.41) is 0. The minimum Gasteiger partial charge on any atom is -0.462 e. The number of nitrogens with zero attached hydrogens (tertiary/aromatic N) is 2. The fraction of sp³-hybridized carbons (Fsp3) is 0.250. The Hall–Kier alpha value is -0.980. The van der Waals surface area contributed by atoms with Crippen LogP contribution in [0, 0.1) is 0 Å². The second-order valence-electron chi connectivity index (χ2n) is 3.51. The smallest absolute Gasteiger partial charge is 0.341 e. The van der Waals surface area contributed by atoms with E-state index in [1.54, 1.807) is 6.92 Å². The molecule has 0 aliphatic rings. The number of esters is 1. The predicted molar refractivity (Wildman–Crippen MR) is 78.6 cm³/mol. The first-order valence-corrected chi connectivity index (χ1v) is 7.64. The van der Waals surface area contributed by atoms with Crippen molar-refractivity contribution in [2.45, 2.75) is 12.8 Å². The minimum absolute atomic E-state index is 0.135. The van der Waals surface area contributed by atoms with E-state index in [0.29, 0.717) is 23.7 Å². The van der Waals surface area contributed by atoms with E-state index in [1.807, 2.05) is 12.1 Å². The molecule has 0 radical (unpaired) electrons. The van der Waals surface area contributed by atoms with Crippen LogP contribution in [0.15, 0.2) is 22.1 Å². The van der Waals surface area contributed by atoms with Gasteiger partial charge in [-0.3, -0.25) is 0 Å². The molecule has 19 heavy (non-hydrogen) atoms. The Morgan fingerprint density at radius 3 is 2.89 bits per heavy atom. The second kappa shape index (κ2) is 6.45. The number of carbonyl (C=O) groups excluding carboxylic acids is 1. The molecule has 0 aromatic carbocycles. The fourth-order valence-electron chi connectivity index (χ4n) is 1.45. The molecular weight excluding hydrogens is 352 g/mol. The van der Waals surface area contributed by atoms with E-state index in [4.69, 9.17) is 16.3 Å². The van der Waals surface area contributed by atoms with Crippen LogP contribution in [0.2, 0.25) is 0 Å². The molecular formula is C12H10BrClN2O2S. The van der Waals surface area contributed by atoms with E-state index < -0.39 is 5.97 Å². The van der Waals surface area contributed by atoms with Crippen molar-refractivity contribution in [1.82, 2.24) is 9.97 Å². The first kappa shape index (κ1) is 14.4. The lowest BCUT2D eigenvalue weighted by atomic mass is 10.2. The molecule has 2 heterocycles. The van der Waals surface area contributed by atoms with Gasteiger partial charge in [0.2, 0.25) is 0 Å². The molecule has 0 aliphatic heterocycles. The summed E-state index contributed by atoms with van der Waals surface area (Å²) >= 11 is 10.7. The van der Waals surface area contributed by atoms with E-state index in [1.165, 1.54) is 17.5 Å². The van der Waals surface area contributed by atoms with Crippen LogP contribution < -0.4 is 0 Å². The van der Waals surface area contributed by atoms with Gasteiger partial charge in [0, 0.05) is 6.20 Å². The molecule has 0 atom stereocenters. The number of carbonyl (C=O) groups is 1. The number of hydrogen-bond acceptors (Lipinski definition) is 5. The Kier molecular flexibility index (Phi) is 4.90. The molecule has 0 fully saturated rings. The zero-order valence-electron chi connectivity index (χ0n) is 10.0. The largest absolute Gasteiger partial charge is 0.462 e. The molecule has 7 heteroatoms. The van der Waals surface area contributed by atoms with Gasteiger partial charge in [0.25, 0.3) is 0 Å². The second-order valence-corrected chi connectivity index (χ2v) is 6.24. The Labute approximate surface area is 127 Å². The van der Waals surface area contributed by atoms with Crippen molar-refractivity contribution in [3.05, 3.63) is 33.4 Å². The minimum atomic E-state index is -0.447. The summed E-state index contributed by atoms with van der Waals surface area (Å²) in [5.74, 6) is 0.243. The highest BCUT2D eigenvalue weighted by Crippen LogP contribution is 2.29. The van der Waals surface area contributed by atoms with Gasteiger partial charge in [0.05, 0.1) is 26.8 Å². The number of rotatable bonds is 4. The van der Waals surface area contributed by atoms with Crippen LogP contribution in [0.25, 0.3) is 10.7 Å². The van der Waals surface area contributed by atoms with Crippen LogP contribution >= 0.6 is 38.9 Å². The molecule has 0 saturated carbocycles. The van der Waals surface area contributed by atoms with Gasteiger partial charge in [0.1, 0.15) is 5.56 Å². The van der Waals surface area contributed by atoms with Crippen LogP contribution in [0.4, 0.5) is 0 Å². The van der Waals surface area contributed by atoms with Gasteiger partial charge >= 0.3 is 5.97 Å². The van der Waals surface area contributed by atoms with Crippen molar-refractivity contribution in [1.29, 1.82) is 0 Å². The maximum absolute atomic E-state index is 11.7. The van der Waals surface area contributed by atoms with Crippen molar-refractivity contribution in [3.63, 3.8) is 0 Å². The molecule has 2 rings (SSSR count). The highest BCUT2D eigenvalue weighted by molar-refractivity contribution is 9.11. The summed E-state index contributed by atoms with van der Waals surface area (Å²) in [7, 11) is 0. The lowest BCUT2D eigenvalue weighted by molar-refractivity contribution is 0.0524. The SMILES string of the molecule is CCOC(=O)c1cnc(-c2ccc(Br)s2)nc1CCl. The van der Waals surface area contributed by atoms with E-state index in [0.717, 1.165) is 8.66 Å². The molecule has 0 amide bonds. The number of hydrogen-bond donors (Lipinski definition) is 0. The van der Waals surface area contributed by atoms with Crippen LogP contribution in [-0.2, 0) is 10.6 Å². The highest BCUT2D eigenvalue weighted by atomic mass is 79.9. The number of alkyl halides is 1. The fourth-order valence-corrected chi connectivity index (χ4v) is 2.98. The summed E-state index contributed by atoms with van der Waals surface area (Å²) in [6.45, 7) is 2.05.